The topological polar surface area (TPSA) is 0 Å². The first-order valence-electron chi connectivity index (χ1n) is 4.74. The van der Waals surface area contributed by atoms with Gasteiger partial charge in [-0.05, 0) is 18.8 Å². The molecule has 0 bridgehead atoms. The molecule has 0 unspecified atom stereocenters. The fourth-order valence-corrected chi connectivity index (χ4v) is 2.12. The molecule has 0 aromatic rings. The minimum atomic E-state index is 0. The van der Waals surface area contributed by atoms with Crippen molar-refractivity contribution in [2.75, 3.05) is 0 Å². The van der Waals surface area contributed by atoms with Crippen LogP contribution in [0.4, 0.5) is 0 Å². The summed E-state index contributed by atoms with van der Waals surface area (Å²) in [7, 11) is 0. The van der Waals surface area contributed by atoms with Crippen molar-refractivity contribution in [1.29, 1.82) is 0 Å². The third-order valence-corrected chi connectivity index (χ3v) is 2.77. The van der Waals surface area contributed by atoms with Crippen LogP contribution in [0, 0.1) is 12.0 Å². The average Bonchev–Trinajstić information content (AvgIpc) is 2.58. The van der Waals surface area contributed by atoms with E-state index in [2.05, 4.69) is 18.2 Å². The molecule has 1 fully saturated rings. The molecule has 0 heterocycles. The van der Waals surface area contributed by atoms with Gasteiger partial charge < -0.3 is 0 Å². The minimum absolute atomic E-state index is 0. The zero-order chi connectivity index (χ0) is 7.52. The molecule has 0 nitrogen and oxygen atoms in total. The van der Waals surface area contributed by atoms with Crippen molar-refractivity contribution in [1.82, 2.24) is 0 Å². The van der Waals surface area contributed by atoms with Gasteiger partial charge in [-0.1, -0.05) is 19.3 Å². The van der Waals surface area contributed by atoms with E-state index in [0.29, 0.717) is 0 Å². The molecular formula is C11H17Br2Hf-. The summed E-state index contributed by atoms with van der Waals surface area (Å²) in [4.78, 5) is 0. The Hall–Kier alpha value is 1.31. The average molecular weight is 488 g/mol. The van der Waals surface area contributed by atoms with E-state index in [1.54, 1.807) is 0 Å². The zero-order valence-electron chi connectivity index (χ0n) is 8.29. The Morgan fingerprint density at radius 2 is 1.71 bits per heavy atom. The molecule has 0 aliphatic heterocycles. The minimum Gasteiger partial charge on any atom is -0.269 e. The summed E-state index contributed by atoms with van der Waals surface area (Å²) >= 11 is 0. The van der Waals surface area contributed by atoms with E-state index in [1.165, 1.54) is 37.7 Å². The molecule has 80 valence electrons. The number of allylic oxidation sites excluding steroid dienone is 4. The smallest absolute Gasteiger partial charge is 0 e. The fourth-order valence-electron chi connectivity index (χ4n) is 2.12. The van der Waals surface area contributed by atoms with Crippen molar-refractivity contribution < 1.29 is 25.8 Å². The number of hydrogen-bond donors (Lipinski definition) is 0. The van der Waals surface area contributed by atoms with Crippen LogP contribution in [0.3, 0.4) is 0 Å². The largest absolute Gasteiger partial charge is 0.269 e. The van der Waals surface area contributed by atoms with Gasteiger partial charge in [-0.25, -0.2) is 11.6 Å². The summed E-state index contributed by atoms with van der Waals surface area (Å²) in [5.41, 5.74) is 1.50. The van der Waals surface area contributed by atoms with Crippen LogP contribution in [0.1, 0.15) is 38.5 Å². The Labute approximate surface area is 127 Å². The molecule has 0 saturated heterocycles. The SMILES string of the molecule is Br.Br.[C-]1=C(C2CCCCC2)C=CC1.[Hf]. The number of halogens is 2. The van der Waals surface area contributed by atoms with Crippen LogP contribution >= 0.6 is 34.0 Å². The molecule has 14 heavy (non-hydrogen) atoms. The Morgan fingerprint density at radius 1 is 1.07 bits per heavy atom. The van der Waals surface area contributed by atoms with E-state index < -0.39 is 0 Å². The van der Waals surface area contributed by atoms with Crippen LogP contribution in [0.2, 0.25) is 0 Å². The molecule has 0 aromatic heterocycles. The van der Waals surface area contributed by atoms with Crippen LogP contribution in [0.5, 0.6) is 0 Å². The molecular weight excluding hydrogens is 470 g/mol. The maximum Gasteiger partial charge on any atom is 0 e. The van der Waals surface area contributed by atoms with Crippen LogP contribution < -0.4 is 0 Å². The van der Waals surface area contributed by atoms with Gasteiger partial charge in [0.2, 0.25) is 0 Å². The van der Waals surface area contributed by atoms with Gasteiger partial charge in [-0.3, -0.25) is 6.08 Å². The third kappa shape index (κ3) is 4.89. The van der Waals surface area contributed by atoms with E-state index in [4.69, 9.17) is 0 Å². The van der Waals surface area contributed by atoms with Gasteiger partial charge >= 0.3 is 0 Å². The van der Waals surface area contributed by atoms with E-state index in [1.807, 2.05) is 0 Å². The van der Waals surface area contributed by atoms with Crippen molar-refractivity contribution in [3.63, 3.8) is 0 Å². The van der Waals surface area contributed by atoms with Crippen molar-refractivity contribution in [2.24, 2.45) is 5.92 Å². The summed E-state index contributed by atoms with van der Waals surface area (Å²) in [6.45, 7) is 0. The maximum absolute atomic E-state index is 3.43. The van der Waals surface area contributed by atoms with Gasteiger partial charge in [0.25, 0.3) is 0 Å². The number of rotatable bonds is 1. The second-order valence-electron chi connectivity index (χ2n) is 3.57. The molecule has 0 amide bonds. The normalized spacial score (nSPS) is 20.1. The summed E-state index contributed by atoms with van der Waals surface area (Å²) in [6, 6.07) is 0. The first kappa shape index (κ1) is 17.7. The molecule has 1 saturated carbocycles. The molecule has 2 rings (SSSR count). The molecule has 0 N–H and O–H groups in total. The maximum atomic E-state index is 3.43. The summed E-state index contributed by atoms with van der Waals surface area (Å²) in [5.74, 6) is 0.863. The Morgan fingerprint density at radius 3 is 2.21 bits per heavy atom. The first-order valence-corrected chi connectivity index (χ1v) is 4.74. The molecule has 0 aromatic carbocycles. The van der Waals surface area contributed by atoms with Gasteiger partial charge in [0.05, 0.1) is 0 Å². The van der Waals surface area contributed by atoms with E-state index in [-0.39, 0.29) is 59.8 Å². The van der Waals surface area contributed by atoms with Gasteiger partial charge in [-0.2, -0.15) is 6.08 Å². The van der Waals surface area contributed by atoms with Crippen LogP contribution in [0.25, 0.3) is 0 Å². The second-order valence-corrected chi connectivity index (χ2v) is 3.57. The van der Waals surface area contributed by atoms with Crippen molar-refractivity contribution >= 4 is 34.0 Å². The van der Waals surface area contributed by atoms with Gasteiger partial charge in [-0.15, -0.1) is 40.4 Å². The molecule has 2 aliphatic carbocycles. The van der Waals surface area contributed by atoms with Crippen LogP contribution in [0.15, 0.2) is 17.7 Å². The Balaban J connectivity index is 0. The second kappa shape index (κ2) is 9.53. The first-order chi connectivity index (χ1) is 5.47. The Kier molecular flexibility index (Phi) is 12.0. The van der Waals surface area contributed by atoms with Crippen molar-refractivity contribution in [2.45, 2.75) is 38.5 Å². The van der Waals surface area contributed by atoms with E-state index in [0.717, 1.165) is 12.3 Å². The van der Waals surface area contributed by atoms with E-state index >= 15 is 0 Å². The van der Waals surface area contributed by atoms with Crippen molar-refractivity contribution in [3.05, 3.63) is 23.8 Å². The molecule has 3 heteroatoms. The molecule has 0 spiro atoms. The monoisotopic (exact) mass is 487 g/mol. The summed E-state index contributed by atoms with van der Waals surface area (Å²) in [6.07, 6.45) is 16.1. The van der Waals surface area contributed by atoms with Crippen LogP contribution in [-0.4, -0.2) is 0 Å². The molecule has 0 radical (unpaired) electrons. The standard InChI is InChI=1S/C11H15.2BrH.Hf/c1-2-6-10(7-3-1)11-8-4-5-9-11;;;/h4,8,10H,1-3,5-7H2;2*1H;/q-1;;;. The predicted molar refractivity (Wildman–Crippen MR) is 67.7 cm³/mol. The third-order valence-electron chi connectivity index (χ3n) is 2.77. The van der Waals surface area contributed by atoms with Gasteiger partial charge in [0, 0.05) is 25.8 Å². The molecule has 2 aliphatic rings. The summed E-state index contributed by atoms with van der Waals surface area (Å²) in [5, 5.41) is 0. The Bertz CT molecular complexity index is 193. The summed E-state index contributed by atoms with van der Waals surface area (Å²) < 4.78 is 0. The molecule has 0 atom stereocenters. The van der Waals surface area contributed by atoms with Crippen LogP contribution in [-0.2, 0) is 25.8 Å². The zero-order valence-corrected chi connectivity index (χ0v) is 15.3. The van der Waals surface area contributed by atoms with E-state index in [9.17, 15) is 0 Å². The quantitative estimate of drug-likeness (QED) is 0.380. The van der Waals surface area contributed by atoms with Gasteiger partial charge in [0.15, 0.2) is 0 Å². The van der Waals surface area contributed by atoms with Gasteiger partial charge in [0.1, 0.15) is 0 Å². The fraction of sp³-hybridized carbons (Fsp3) is 0.636. The predicted octanol–water partition coefficient (Wildman–Crippen LogP) is 4.41. The number of hydrogen-bond acceptors (Lipinski definition) is 0. The van der Waals surface area contributed by atoms with Crippen molar-refractivity contribution in [3.8, 4) is 0 Å².